The fourth-order valence-corrected chi connectivity index (χ4v) is 1.65. The van der Waals surface area contributed by atoms with Crippen LogP contribution in [0.2, 0.25) is 0 Å². The first-order valence-electron chi connectivity index (χ1n) is 4.88. The molecule has 0 aromatic heterocycles. The number of rotatable bonds is 3. The summed E-state index contributed by atoms with van der Waals surface area (Å²) in [5.41, 5.74) is 0. The molecular weight excluding hydrogens is 221 g/mol. The van der Waals surface area contributed by atoms with E-state index in [1.165, 1.54) is 14.0 Å². The number of carbonyl (C=O) groups excluding carboxylic acids is 1. The number of alkyl halides is 1. The van der Waals surface area contributed by atoms with Gasteiger partial charge >= 0.3 is 0 Å². The summed E-state index contributed by atoms with van der Waals surface area (Å²) in [5.74, 6) is -0.402. The molecule has 1 fully saturated rings. The van der Waals surface area contributed by atoms with Gasteiger partial charge in [0.15, 0.2) is 6.29 Å². The zero-order valence-electron chi connectivity index (χ0n) is 9.09. The minimum Gasteiger partial charge on any atom is -0.388 e. The summed E-state index contributed by atoms with van der Waals surface area (Å²) in [6.45, 7) is 0.317. The van der Waals surface area contributed by atoms with Gasteiger partial charge in [-0.15, -0.1) is 0 Å². The van der Waals surface area contributed by atoms with Crippen molar-refractivity contribution in [3.8, 4) is 0 Å². The average molecular weight is 237 g/mol. The van der Waals surface area contributed by atoms with Crippen LogP contribution in [0.15, 0.2) is 0 Å². The Labute approximate surface area is 92.3 Å². The number of hydrogen-bond donors (Lipinski definition) is 3. The normalized spacial score (nSPS) is 39.4. The highest BCUT2D eigenvalue weighted by Gasteiger charge is 2.45. The monoisotopic (exact) mass is 237 g/mol. The molecule has 1 aliphatic rings. The average Bonchev–Trinajstić information content (AvgIpc) is 2.25. The molecule has 0 bridgehead atoms. The van der Waals surface area contributed by atoms with Crippen molar-refractivity contribution >= 4 is 5.91 Å². The zero-order valence-corrected chi connectivity index (χ0v) is 9.09. The van der Waals surface area contributed by atoms with E-state index in [0.29, 0.717) is 0 Å². The third-order valence-electron chi connectivity index (χ3n) is 2.46. The van der Waals surface area contributed by atoms with Gasteiger partial charge in [-0.1, -0.05) is 0 Å². The predicted octanol–water partition coefficient (Wildman–Crippen LogP) is -1.45. The number of amides is 1. The molecular formula is C9H16FNO5. The van der Waals surface area contributed by atoms with E-state index < -0.39 is 43.2 Å². The van der Waals surface area contributed by atoms with Crippen LogP contribution in [0, 0.1) is 0 Å². The van der Waals surface area contributed by atoms with Gasteiger partial charge in [0, 0.05) is 14.0 Å². The maximum absolute atomic E-state index is 12.5. The van der Waals surface area contributed by atoms with Crippen molar-refractivity contribution in [3.63, 3.8) is 0 Å². The van der Waals surface area contributed by atoms with Crippen LogP contribution in [0.3, 0.4) is 0 Å². The van der Waals surface area contributed by atoms with Gasteiger partial charge in [0.05, 0.1) is 0 Å². The third kappa shape index (κ3) is 2.67. The molecule has 0 unspecified atom stereocenters. The summed E-state index contributed by atoms with van der Waals surface area (Å²) in [6.07, 6.45) is -4.86. The molecule has 0 saturated carbocycles. The van der Waals surface area contributed by atoms with E-state index >= 15 is 0 Å². The lowest BCUT2D eigenvalue weighted by molar-refractivity contribution is -0.258. The SMILES string of the molecule is CO[C@@H]1O[C@H](CF)[C@@H](O)[C@H](O)[C@H]1NC(C)=O. The molecule has 0 aromatic rings. The van der Waals surface area contributed by atoms with Gasteiger partial charge in [-0.25, -0.2) is 4.39 Å². The lowest BCUT2D eigenvalue weighted by Crippen LogP contribution is -2.64. The van der Waals surface area contributed by atoms with Gasteiger partial charge in [-0.05, 0) is 0 Å². The van der Waals surface area contributed by atoms with Gasteiger partial charge in [-0.2, -0.15) is 0 Å². The molecule has 94 valence electrons. The lowest BCUT2D eigenvalue weighted by atomic mass is 9.97. The van der Waals surface area contributed by atoms with Crippen LogP contribution in [0.5, 0.6) is 0 Å². The summed E-state index contributed by atoms with van der Waals surface area (Å²) in [5, 5.41) is 21.6. The summed E-state index contributed by atoms with van der Waals surface area (Å²) in [4.78, 5) is 10.9. The standard InChI is InChI=1S/C9H16FNO5/c1-4(12)11-6-8(14)7(13)5(3-10)16-9(6)15-2/h5-9,13-14H,3H2,1-2H3,(H,11,12)/t5-,6-,7-,8-,9-/m1/s1. The smallest absolute Gasteiger partial charge is 0.217 e. The quantitative estimate of drug-likeness (QED) is 0.559. The number of methoxy groups -OCH3 is 1. The molecule has 1 aliphatic heterocycles. The van der Waals surface area contributed by atoms with Crippen LogP contribution in [0.4, 0.5) is 4.39 Å². The van der Waals surface area contributed by atoms with Crippen LogP contribution < -0.4 is 5.32 Å². The minimum atomic E-state index is -1.40. The third-order valence-corrected chi connectivity index (χ3v) is 2.46. The maximum Gasteiger partial charge on any atom is 0.217 e. The van der Waals surface area contributed by atoms with E-state index in [9.17, 15) is 19.4 Å². The van der Waals surface area contributed by atoms with E-state index in [1.54, 1.807) is 0 Å². The number of hydrogen-bond acceptors (Lipinski definition) is 5. The molecule has 1 amide bonds. The summed E-state index contributed by atoms with van der Waals surface area (Å²) in [6, 6.07) is -0.916. The Hall–Kier alpha value is -0.760. The van der Waals surface area contributed by atoms with Crippen LogP contribution >= 0.6 is 0 Å². The Bertz CT molecular complexity index is 250. The summed E-state index contributed by atoms with van der Waals surface area (Å²) < 4.78 is 22.4. The van der Waals surface area contributed by atoms with Crippen molar-refractivity contribution in [2.75, 3.05) is 13.8 Å². The van der Waals surface area contributed by atoms with Gasteiger partial charge in [0.1, 0.15) is 31.0 Å². The topological polar surface area (TPSA) is 88.0 Å². The summed E-state index contributed by atoms with van der Waals surface area (Å²) in [7, 11) is 1.30. The molecule has 3 N–H and O–H groups in total. The predicted molar refractivity (Wildman–Crippen MR) is 51.3 cm³/mol. The number of halogens is 1. The van der Waals surface area contributed by atoms with Gasteiger partial charge < -0.3 is 25.0 Å². The fourth-order valence-electron chi connectivity index (χ4n) is 1.65. The number of carbonyl (C=O) groups is 1. The molecule has 0 spiro atoms. The first-order chi connectivity index (χ1) is 7.51. The van der Waals surface area contributed by atoms with Gasteiger partial charge in [-0.3, -0.25) is 4.79 Å². The Morgan fingerprint density at radius 2 is 2.12 bits per heavy atom. The first kappa shape index (κ1) is 13.3. The Balaban J connectivity index is 2.77. The summed E-state index contributed by atoms with van der Waals surface area (Å²) >= 11 is 0. The molecule has 1 rings (SSSR count). The second-order valence-corrected chi connectivity index (χ2v) is 3.64. The van der Waals surface area contributed by atoms with Crippen molar-refractivity contribution in [1.29, 1.82) is 0 Å². The molecule has 1 saturated heterocycles. The minimum absolute atomic E-state index is 0.402. The maximum atomic E-state index is 12.5. The van der Waals surface area contributed by atoms with Crippen LogP contribution in [0.25, 0.3) is 0 Å². The highest BCUT2D eigenvalue weighted by atomic mass is 19.1. The van der Waals surface area contributed by atoms with Gasteiger partial charge in [0.2, 0.25) is 5.91 Å². The Morgan fingerprint density at radius 1 is 1.50 bits per heavy atom. The fraction of sp³-hybridized carbons (Fsp3) is 0.889. The second-order valence-electron chi connectivity index (χ2n) is 3.64. The van der Waals surface area contributed by atoms with Crippen molar-refractivity contribution in [3.05, 3.63) is 0 Å². The highest BCUT2D eigenvalue weighted by molar-refractivity contribution is 5.73. The lowest BCUT2D eigenvalue weighted by Gasteiger charge is -2.41. The molecule has 1 heterocycles. The molecule has 5 atom stereocenters. The molecule has 16 heavy (non-hydrogen) atoms. The number of nitrogens with one attached hydrogen (secondary N) is 1. The zero-order chi connectivity index (χ0) is 12.3. The van der Waals surface area contributed by atoms with E-state index in [1.807, 2.05) is 0 Å². The van der Waals surface area contributed by atoms with Crippen molar-refractivity contribution < 1.29 is 28.9 Å². The van der Waals surface area contributed by atoms with Crippen LogP contribution in [0.1, 0.15) is 6.92 Å². The number of aliphatic hydroxyl groups is 2. The van der Waals surface area contributed by atoms with Crippen LogP contribution in [-0.2, 0) is 14.3 Å². The first-order valence-corrected chi connectivity index (χ1v) is 4.88. The second kappa shape index (κ2) is 5.53. The molecule has 0 aliphatic carbocycles. The van der Waals surface area contributed by atoms with E-state index in [2.05, 4.69) is 5.32 Å². The number of aliphatic hydroxyl groups excluding tert-OH is 2. The van der Waals surface area contributed by atoms with E-state index in [0.717, 1.165) is 0 Å². The van der Waals surface area contributed by atoms with E-state index in [4.69, 9.17) is 9.47 Å². The highest BCUT2D eigenvalue weighted by Crippen LogP contribution is 2.22. The van der Waals surface area contributed by atoms with Crippen molar-refractivity contribution in [2.24, 2.45) is 0 Å². The number of ether oxygens (including phenoxy) is 2. The van der Waals surface area contributed by atoms with Crippen molar-refractivity contribution in [1.82, 2.24) is 5.32 Å². The van der Waals surface area contributed by atoms with E-state index in [-0.39, 0.29) is 0 Å². The van der Waals surface area contributed by atoms with Crippen molar-refractivity contribution in [2.45, 2.75) is 37.6 Å². The van der Waals surface area contributed by atoms with Crippen LogP contribution in [-0.4, -0.2) is 60.5 Å². The molecule has 0 aromatic carbocycles. The molecule has 0 radical (unpaired) electrons. The van der Waals surface area contributed by atoms with Gasteiger partial charge in [0.25, 0.3) is 0 Å². The largest absolute Gasteiger partial charge is 0.388 e. The molecule has 6 nitrogen and oxygen atoms in total. The molecule has 7 heteroatoms. The Morgan fingerprint density at radius 3 is 2.56 bits per heavy atom. The Kier molecular flexibility index (Phi) is 4.60.